The fourth-order valence-electron chi connectivity index (χ4n) is 2.28. The Hall–Kier alpha value is -1.39. The third kappa shape index (κ3) is 5.72. The van der Waals surface area contributed by atoms with Crippen LogP contribution in [0.5, 0.6) is 0 Å². The molecule has 1 aromatic heterocycles. The Labute approximate surface area is 119 Å². The number of carboxylic acids is 1. The van der Waals surface area contributed by atoms with E-state index >= 15 is 0 Å². The van der Waals surface area contributed by atoms with Crippen LogP contribution < -0.4 is 0 Å². The average Bonchev–Trinajstić information content (AvgIpc) is 2.78. The average molecular weight is 284 g/mol. The first-order chi connectivity index (χ1) is 9.66. The minimum atomic E-state index is -1.30. The molecule has 114 valence electrons. The van der Waals surface area contributed by atoms with Crippen LogP contribution in [0.2, 0.25) is 0 Å². The van der Waals surface area contributed by atoms with Crippen molar-refractivity contribution in [3.63, 3.8) is 0 Å². The van der Waals surface area contributed by atoms with Crippen molar-refractivity contribution in [3.8, 4) is 0 Å². The molecule has 1 heterocycles. The zero-order valence-electron chi connectivity index (χ0n) is 12.3. The van der Waals surface area contributed by atoms with E-state index in [9.17, 15) is 9.18 Å². The number of halogens is 1. The van der Waals surface area contributed by atoms with Gasteiger partial charge in [-0.3, -0.25) is 5.10 Å². The molecule has 0 saturated heterocycles. The first kappa shape index (κ1) is 16.7. The van der Waals surface area contributed by atoms with Crippen LogP contribution in [-0.4, -0.2) is 21.3 Å². The number of rotatable bonds is 11. The zero-order chi connectivity index (χ0) is 14.8. The molecule has 1 rings (SSSR count). The lowest BCUT2D eigenvalue weighted by Crippen LogP contribution is -2.00. The Morgan fingerprint density at radius 2 is 1.65 bits per heavy atom. The normalized spacial score (nSPS) is 10.9. The fraction of sp³-hybridized carbons (Fsp3) is 0.733. The highest BCUT2D eigenvalue weighted by Gasteiger charge is 2.17. The fourth-order valence-corrected chi connectivity index (χ4v) is 2.28. The molecule has 0 aliphatic rings. The van der Waals surface area contributed by atoms with Crippen molar-refractivity contribution in [2.75, 3.05) is 0 Å². The highest BCUT2D eigenvalue weighted by atomic mass is 19.1. The number of hydrogen-bond acceptors (Lipinski definition) is 2. The number of H-pyrrole nitrogens is 1. The molecule has 0 aromatic carbocycles. The largest absolute Gasteiger partial charge is 0.476 e. The van der Waals surface area contributed by atoms with Crippen LogP contribution >= 0.6 is 0 Å². The molecule has 20 heavy (non-hydrogen) atoms. The number of nitrogens with zero attached hydrogens (tertiary/aromatic N) is 1. The molecule has 0 radical (unpaired) electrons. The van der Waals surface area contributed by atoms with Crippen LogP contribution in [-0.2, 0) is 6.42 Å². The van der Waals surface area contributed by atoms with Crippen molar-refractivity contribution >= 4 is 5.97 Å². The van der Waals surface area contributed by atoms with Crippen molar-refractivity contribution in [3.05, 3.63) is 17.2 Å². The molecule has 0 spiro atoms. The number of aromatic carboxylic acids is 1. The van der Waals surface area contributed by atoms with Crippen molar-refractivity contribution in [2.24, 2.45) is 0 Å². The third-order valence-electron chi connectivity index (χ3n) is 3.51. The highest BCUT2D eigenvalue weighted by molar-refractivity contribution is 5.85. The third-order valence-corrected chi connectivity index (χ3v) is 3.51. The van der Waals surface area contributed by atoms with Crippen LogP contribution in [0.15, 0.2) is 0 Å². The molecule has 0 fully saturated rings. The van der Waals surface area contributed by atoms with E-state index in [2.05, 4.69) is 17.1 Å². The number of carbonyl (C=O) groups is 1. The molecule has 0 atom stereocenters. The lowest BCUT2D eigenvalue weighted by atomic mass is 10.1. The van der Waals surface area contributed by atoms with Gasteiger partial charge >= 0.3 is 5.97 Å². The summed E-state index contributed by atoms with van der Waals surface area (Å²) in [5.41, 5.74) is -0.193. The summed E-state index contributed by atoms with van der Waals surface area (Å²) in [5.74, 6) is -2.01. The molecule has 0 amide bonds. The molecule has 4 nitrogen and oxygen atoms in total. The van der Waals surface area contributed by atoms with Gasteiger partial charge in [0.1, 0.15) is 0 Å². The van der Waals surface area contributed by atoms with E-state index in [0.29, 0.717) is 6.42 Å². The molecular weight excluding hydrogens is 259 g/mol. The molecule has 0 saturated carbocycles. The molecule has 0 aliphatic heterocycles. The Morgan fingerprint density at radius 1 is 1.10 bits per heavy atom. The van der Waals surface area contributed by atoms with Gasteiger partial charge in [-0.15, -0.1) is 0 Å². The van der Waals surface area contributed by atoms with Gasteiger partial charge in [0.25, 0.3) is 0 Å². The minimum absolute atomic E-state index is 0.241. The van der Waals surface area contributed by atoms with Gasteiger partial charge in [-0.25, -0.2) is 9.18 Å². The van der Waals surface area contributed by atoms with Gasteiger partial charge in [-0.2, -0.15) is 5.10 Å². The van der Waals surface area contributed by atoms with Gasteiger partial charge in [0.2, 0.25) is 0 Å². The van der Waals surface area contributed by atoms with Gasteiger partial charge in [0, 0.05) is 0 Å². The molecule has 1 aromatic rings. The van der Waals surface area contributed by atoms with Crippen molar-refractivity contribution in [1.29, 1.82) is 0 Å². The SMILES string of the molecule is CCCCCCCCCCCc1n[nH]c(C(=O)O)c1F. The predicted molar refractivity (Wildman–Crippen MR) is 76.4 cm³/mol. The van der Waals surface area contributed by atoms with E-state index in [-0.39, 0.29) is 5.69 Å². The summed E-state index contributed by atoms with van der Waals surface area (Å²) in [6, 6.07) is 0. The second kappa shape index (κ2) is 9.50. The summed E-state index contributed by atoms with van der Waals surface area (Å²) < 4.78 is 13.6. The van der Waals surface area contributed by atoms with Crippen molar-refractivity contribution < 1.29 is 14.3 Å². The van der Waals surface area contributed by atoms with Gasteiger partial charge in [-0.05, 0) is 12.8 Å². The monoisotopic (exact) mass is 284 g/mol. The summed E-state index contributed by atoms with van der Waals surface area (Å²) in [6.07, 6.45) is 11.3. The standard InChI is InChI=1S/C15H25FN2O2/c1-2-3-4-5-6-7-8-9-10-11-12-13(16)14(15(19)20)18-17-12/h2-11H2,1H3,(H,17,18)(H,19,20). The number of nitrogens with one attached hydrogen (secondary N) is 1. The van der Waals surface area contributed by atoms with Gasteiger partial charge in [-0.1, -0.05) is 58.3 Å². The van der Waals surface area contributed by atoms with Crippen LogP contribution in [0.3, 0.4) is 0 Å². The summed E-state index contributed by atoms with van der Waals surface area (Å²) in [5, 5.41) is 14.7. The Bertz CT molecular complexity index is 405. The van der Waals surface area contributed by atoms with Crippen molar-refractivity contribution in [1.82, 2.24) is 10.2 Å². The number of aromatic nitrogens is 2. The number of aromatic amines is 1. The Kier molecular flexibility index (Phi) is 7.92. The maximum Gasteiger partial charge on any atom is 0.357 e. The molecule has 0 unspecified atom stereocenters. The van der Waals surface area contributed by atoms with Gasteiger partial charge in [0.15, 0.2) is 11.5 Å². The van der Waals surface area contributed by atoms with Crippen LogP contribution in [0.1, 0.15) is 80.9 Å². The minimum Gasteiger partial charge on any atom is -0.476 e. The van der Waals surface area contributed by atoms with Crippen LogP contribution in [0.25, 0.3) is 0 Å². The summed E-state index contributed by atoms with van der Waals surface area (Å²) in [7, 11) is 0. The molecule has 0 bridgehead atoms. The second-order valence-electron chi connectivity index (χ2n) is 5.24. The van der Waals surface area contributed by atoms with E-state index in [0.717, 1.165) is 19.3 Å². The zero-order valence-corrected chi connectivity index (χ0v) is 12.3. The first-order valence-corrected chi connectivity index (χ1v) is 7.62. The number of aryl methyl sites for hydroxylation is 1. The number of carboxylic acid groups (broad SMARTS) is 1. The van der Waals surface area contributed by atoms with Gasteiger partial charge < -0.3 is 5.11 Å². The number of hydrogen-bond donors (Lipinski definition) is 2. The van der Waals surface area contributed by atoms with Gasteiger partial charge in [0.05, 0.1) is 5.69 Å². The summed E-state index contributed by atoms with van der Waals surface area (Å²) in [4.78, 5) is 10.6. The summed E-state index contributed by atoms with van der Waals surface area (Å²) in [6.45, 7) is 2.21. The Morgan fingerprint density at radius 3 is 2.15 bits per heavy atom. The van der Waals surface area contributed by atoms with Crippen LogP contribution in [0.4, 0.5) is 4.39 Å². The first-order valence-electron chi connectivity index (χ1n) is 7.62. The maximum absolute atomic E-state index is 13.6. The molecule has 0 aliphatic carbocycles. The van der Waals surface area contributed by atoms with Crippen LogP contribution in [0, 0.1) is 5.82 Å². The van der Waals surface area contributed by atoms with Crippen molar-refractivity contribution in [2.45, 2.75) is 71.1 Å². The van der Waals surface area contributed by atoms with E-state index in [1.54, 1.807) is 0 Å². The quantitative estimate of drug-likeness (QED) is 0.595. The Balaban J connectivity index is 2.08. The van der Waals surface area contributed by atoms with E-state index in [1.165, 1.54) is 38.5 Å². The second-order valence-corrected chi connectivity index (χ2v) is 5.24. The summed E-state index contributed by atoms with van der Waals surface area (Å²) >= 11 is 0. The molecule has 5 heteroatoms. The van der Waals surface area contributed by atoms with E-state index < -0.39 is 17.5 Å². The van der Waals surface area contributed by atoms with E-state index in [1.807, 2.05) is 0 Å². The topological polar surface area (TPSA) is 66.0 Å². The number of unbranched alkanes of at least 4 members (excludes halogenated alkanes) is 8. The lowest BCUT2D eigenvalue weighted by Gasteiger charge is -2.01. The lowest BCUT2D eigenvalue weighted by molar-refractivity contribution is 0.0685. The predicted octanol–water partition coefficient (Wildman–Crippen LogP) is 4.32. The molecular formula is C15H25FN2O2. The van der Waals surface area contributed by atoms with E-state index in [4.69, 9.17) is 5.11 Å². The smallest absolute Gasteiger partial charge is 0.357 e. The molecule has 2 N–H and O–H groups in total. The highest BCUT2D eigenvalue weighted by Crippen LogP contribution is 2.14. The maximum atomic E-state index is 13.6.